The van der Waals surface area contributed by atoms with Gasteiger partial charge in [-0.15, -0.1) is 0 Å². The summed E-state index contributed by atoms with van der Waals surface area (Å²) in [7, 11) is -3.99. The van der Waals surface area contributed by atoms with E-state index in [-0.39, 0.29) is 17.1 Å². The maximum atomic E-state index is 12.4. The Morgan fingerprint density at radius 1 is 1.29 bits per heavy atom. The minimum Gasteiger partial charge on any atom is -0.328 e. The van der Waals surface area contributed by atoms with E-state index in [1.54, 1.807) is 0 Å². The summed E-state index contributed by atoms with van der Waals surface area (Å²) in [6.07, 6.45) is 2.69. The monoisotopic (exact) mass is 333 g/mol. The van der Waals surface area contributed by atoms with E-state index in [0.29, 0.717) is 12.8 Å². The van der Waals surface area contributed by atoms with Crippen molar-refractivity contribution >= 4 is 27.3 Å². The summed E-state index contributed by atoms with van der Waals surface area (Å²) in [5, 5.41) is 11.1. The average Bonchev–Trinajstić information content (AvgIpc) is 2.41. The maximum Gasteiger partial charge on any atom is 0.289 e. The largest absolute Gasteiger partial charge is 0.328 e. The first kappa shape index (κ1) is 16.2. The zero-order valence-electron chi connectivity index (χ0n) is 11.2. The summed E-state index contributed by atoms with van der Waals surface area (Å²) in [6, 6.07) is 3.31. The lowest BCUT2D eigenvalue weighted by Gasteiger charge is -2.26. The molecule has 1 fully saturated rings. The topological polar surface area (TPSA) is 115 Å². The van der Waals surface area contributed by atoms with E-state index in [1.807, 2.05) is 0 Å². The molecule has 116 valence electrons. The first-order chi connectivity index (χ1) is 9.79. The lowest BCUT2D eigenvalue weighted by Crippen LogP contribution is -2.40. The van der Waals surface area contributed by atoms with Crippen molar-refractivity contribution in [2.24, 2.45) is 5.73 Å². The number of sulfonamides is 1. The van der Waals surface area contributed by atoms with Crippen LogP contribution >= 0.6 is 11.6 Å². The number of halogens is 1. The van der Waals surface area contributed by atoms with Gasteiger partial charge in [0.1, 0.15) is 0 Å². The third-order valence-electron chi connectivity index (χ3n) is 3.50. The third kappa shape index (κ3) is 3.91. The van der Waals surface area contributed by atoms with Crippen LogP contribution in [0.2, 0.25) is 5.02 Å². The summed E-state index contributed by atoms with van der Waals surface area (Å²) in [4.78, 5) is 9.83. The molecule has 7 nitrogen and oxygen atoms in total. The van der Waals surface area contributed by atoms with Gasteiger partial charge in [-0.3, -0.25) is 10.1 Å². The summed E-state index contributed by atoms with van der Waals surface area (Å²) in [5.74, 6) is 0. The van der Waals surface area contributed by atoms with Crippen LogP contribution in [0.3, 0.4) is 0 Å². The summed E-state index contributed by atoms with van der Waals surface area (Å²) in [6.45, 7) is 0. The van der Waals surface area contributed by atoms with Crippen molar-refractivity contribution in [1.82, 2.24) is 4.72 Å². The van der Waals surface area contributed by atoms with Crippen LogP contribution in [0.5, 0.6) is 0 Å². The Morgan fingerprint density at radius 2 is 1.90 bits per heavy atom. The highest BCUT2D eigenvalue weighted by Crippen LogP contribution is 2.28. The van der Waals surface area contributed by atoms with Gasteiger partial charge in [-0.1, -0.05) is 11.6 Å². The summed E-state index contributed by atoms with van der Waals surface area (Å²) < 4.78 is 27.2. The number of nitro benzene ring substituents is 1. The molecule has 0 heterocycles. The van der Waals surface area contributed by atoms with Gasteiger partial charge in [-0.25, -0.2) is 13.1 Å². The van der Waals surface area contributed by atoms with Gasteiger partial charge < -0.3 is 5.73 Å². The number of nitrogens with one attached hydrogen (secondary N) is 1. The first-order valence-corrected chi connectivity index (χ1v) is 8.37. The van der Waals surface area contributed by atoms with Gasteiger partial charge in [0.15, 0.2) is 4.90 Å². The van der Waals surface area contributed by atoms with Gasteiger partial charge in [0, 0.05) is 23.2 Å². The number of rotatable bonds is 4. The minimum atomic E-state index is -3.99. The molecule has 3 N–H and O–H groups in total. The fourth-order valence-corrected chi connectivity index (χ4v) is 4.11. The van der Waals surface area contributed by atoms with Crippen molar-refractivity contribution in [3.8, 4) is 0 Å². The van der Waals surface area contributed by atoms with Crippen molar-refractivity contribution in [2.45, 2.75) is 42.7 Å². The van der Waals surface area contributed by atoms with E-state index < -0.39 is 25.5 Å². The van der Waals surface area contributed by atoms with Crippen molar-refractivity contribution < 1.29 is 13.3 Å². The normalized spacial score (nSPS) is 23.0. The number of nitrogens with two attached hydrogens (primary N) is 1. The summed E-state index contributed by atoms with van der Waals surface area (Å²) >= 11 is 5.76. The van der Waals surface area contributed by atoms with Crippen LogP contribution in [-0.4, -0.2) is 25.4 Å². The van der Waals surface area contributed by atoms with Crippen molar-refractivity contribution in [2.75, 3.05) is 0 Å². The summed E-state index contributed by atoms with van der Waals surface area (Å²) in [5.41, 5.74) is 5.28. The molecule has 0 amide bonds. The van der Waals surface area contributed by atoms with Gasteiger partial charge in [0.25, 0.3) is 5.69 Å². The molecule has 0 atom stereocenters. The molecule has 0 aromatic heterocycles. The highest BCUT2D eigenvalue weighted by molar-refractivity contribution is 7.89. The lowest BCUT2D eigenvalue weighted by molar-refractivity contribution is -0.387. The van der Waals surface area contributed by atoms with E-state index in [2.05, 4.69) is 4.72 Å². The molecule has 1 aliphatic rings. The molecule has 0 radical (unpaired) electrons. The zero-order valence-corrected chi connectivity index (χ0v) is 12.7. The van der Waals surface area contributed by atoms with E-state index in [0.717, 1.165) is 25.0 Å². The van der Waals surface area contributed by atoms with Crippen LogP contribution < -0.4 is 10.5 Å². The highest BCUT2D eigenvalue weighted by Gasteiger charge is 2.29. The molecule has 1 aromatic carbocycles. The van der Waals surface area contributed by atoms with Gasteiger partial charge in [0.2, 0.25) is 10.0 Å². The maximum absolute atomic E-state index is 12.4. The molecule has 0 spiro atoms. The third-order valence-corrected chi connectivity index (χ3v) is 5.29. The second-order valence-electron chi connectivity index (χ2n) is 5.10. The van der Waals surface area contributed by atoms with Gasteiger partial charge >= 0.3 is 0 Å². The molecular formula is C12H16ClN3O4S. The minimum absolute atomic E-state index is 0.0891. The number of nitrogens with zero attached hydrogens (tertiary/aromatic N) is 1. The highest BCUT2D eigenvalue weighted by atomic mass is 35.5. The van der Waals surface area contributed by atoms with Crippen molar-refractivity contribution in [3.63, 3.8) is 0 Å². The fourth-order valence-electron chi connectivity index (χ4n) is 2.37. The molecule has 0 aliphatic heterocycles. The predicted molar refractivity (Wildman–Crippen MR) is 78.7 cm³/mol. The van der Waals surface area contributed by atoms with Crippen LogP contribution in [0.15, 0.2) is 23.1 Å². The van der Waals surface area contributed by atoms with Gasteiger partial charge in [0.05, 0.1) is 4.92 Å². The fraction of sp³-hybridized carbons (Fsp3) is 0.500. The Bertz CT molecular complexity index is 642. The van der Waals surface area contributed by atoms with E-state index >= 15 is 0 Å². The van der Waals surface area contributed by atoms with Crippen LogP contribution in [0.4, 0.5) is 5.69 Å². The Hall–Kier alpha value is -1.22. The lowest BCUT2D eigenvalue weighted by atomic mass is 9.93. The van der Waals surface area contributed by atoms with E-state index in [1.165, 1.54) is 6.07 Å². The van der Waals surface area contributed by atoms with E-state index in [4.69, 9.17) is 17.3 Å². The number of nitro groups is 1. The van der Waals surface area contributed by atoms with Crippen LogP contribution in [0, 0.1) is 10.1 Å². The Balaban J connectivity index is 2.27. The second-order valence-corrected chi connectivity index (χ2v) is 7.22. The molecule has 0 unspecified atom stereocenters. The number of hydrogen-bond donors (Lipinski definition) is 2. The Labute approximate surface area is 127 Å². The molecule has 21 heavy (non-hydrogen) atoms. The first-order valence-electron chi connectivity index (χ1n) is 6.51. The van der Waals surface area contributed by atoms with Crippen LogP contribution in [0.25, 0.3) is 0 Å². The number of hydrogen-bond acceptors (Lipinski definition) is 5. The molecule has 9 heteroatoms. The molecule has 2 rings (SSSR count). The number of benzene rings is 1. The molecule has 1 aromatic rings. The van der Waals surface area contributed by atoms with Crippen molar-refractivity contribution in [3.05, 3.63) is 33.3 Å². The molecule has 1 aliphatic carbocycles. The molecule has 1 saturated carbocycles. The van der Waals surface area contributed by atoms with Crippen LogP contribution in [-0.2, 0) is 10.0 Å². The van der Waals surface area contributed by atoms with Gasteiger partial charge in [-0.2, -0.15) is 0 Å². The predicted octanol–water partition coefficient (Wildman–Crippen LogP) is 1.80. The average molecular weight is 334 g/mol. The zero-order chi connectivity index (χ0) is 15.6. The van der Waals surface area contributed by atoms with Crippen molar-refractivity contribution in [1.29, 1.82) is 0 Å². The Kier molecular flexibility index (Phi) is 4.82. The molecule has 0 bridgehead atoms. The van der Waals surface area contributed by atoms with Crippen LogP contribution in [0.1, 0.15) is 25.7 Å². The smallest absolute Gasteiger partial charge is 0.289 e. The quantitative estimate of drug-likeness (QED) is 0.643. The molecular weight excluding hydrogens is 318 g/mol. The SMILES string of the molecule is NC1CCC(NS(=O)(=O)c2cc(Cl)ccc2[N+](=O)[O-])CC1. The molecule has 0 saturated heterocycles. The van der Waals surface area contributed by atoms with Gasteiger partial charge in [-0.05, 0) is 37.8 Å². The van der Waals surface area contributed by atoms with E-state index in [9.17, 15) is 18.5 Å². The standard InChI is InChI=1S/C12H16ClN3O4S/c13-8-1-6-11(16(17)18)12(7-8)21(19,20)15-10-4-2-9(14)3-5-10/h1,6-7,9-10,15H,2-5,14H2. The Morgan fingerprint density at radius 3 is 2.48 bits per heavy atom. The second kappa shape index (κ2) is 6.27.